The molecule has 0 aliphatic rings. The van der Waals surface area contributed by atoms with Crippen LogP contribution in [-0.4, -0.2) is 32.3 Å². The number of aromatic nitrogens is 2. The van der Waals surface area contributed by atoms with Crippen LogP contribution in [0.25, 0.3) is 21.3 Å². The Balaban J connectivity index is 1.32. The SMILES string of the molecule is C[C@H](SCc1nc2scc(-c3ccccc3)c2c(=O)[nH]1)C(=O)N[C@@H](C)CCc1ccc(O)cc1. The van der Waals surface area contributed by atoms with Gasteiger partial charge in [0.15, 0.2) is 0 Å². The molecule has 2 heterocycles. The lowest BCUT2D eigenvalue weighted by molar-refractivity contribution is -0.120. The molecule has 8 heteroatoms. The van der Waals surface area contributed by atoms with Gasteiger partial charge in [-0.3, -0.25) is 9.59 Å². The van der Waals surface area contributed by atoms with Crippen molar-refractivity contribution in [3.8, 4) is 16.9 Å². The number of phenolic OH excluding ortho intramolecular Hbond substituents is 1. The molecule has 0 saturated carbocycles. The van der Waals surface area contributed by atoms with E-state index in [0.717, 1.165) is 29.5 Å². The number of carbonyl (C=O) groups is 1. The number of aromatic hydroxyl groups is 1. The second-order valence-electron chi connectivity index (χ2n) is 8.28. The lowest BCUT2D eigenvalue weighted by atomic mass is 10.1. The first-order valence-corrected chi connectivity index (χ1v) is 13.1. The van der Waals surface area contributed by atoms with Crippen molar-refractivity contribution < 1.29 is 9.90 Å². The van der Waals surface area contributed by atoms with Crippen LogP contribution in [0.5, 0.6) is 5.75 Å². The van der Waals surface area contributed by atoms with Gasteiger partial charge < -0.3 is 15.4 Å². The van der Waals surface area contributed by atoms with Crippen LogP contribution in [0.2, 0.25) is 0 Å². The number of benzene rings is 2. The molecular weight excluding hydrogens is 466 g/mol. The van der Waals surface area contributed by atoms with Crippen molar-refractivity contribution in [2.24, 2.45) is 0 Å². The first kappa shape index (κ1) is 24.0. The van der Waals surface area contributed by atoms with E-state index in [2.05, 4.69) is 15.3 Å². The van der Waals surface area contributed by atoms with E-state index in [1.165, 1.54) is 23.1 Å². The molecule has 176 valence electrons. The van der Waals surface area contributed by atoms with Crippen molar-refractivity contribution in [1.29, 1.82) is 0 Å². The predicted octanol–water partition coefficient (Wildman–Crippen LogP) is 5.12. The number of hydrogen-bond donors (Lipinski definition) is 3. The van der Waals surface area contributed by atoms with Gasteiger partial charge in [-0.1, -0.05) is 42.5 Å². The van der Waals surface area contributed by atoms with Crippen molar-refractivity contribution in [2.75, 3.05) is 0 Å². The number of thioether (sulfide) groups is 1. The summed E-state index contributed by atoms with van der Waals surface area (Å²) in [6, 6.07) is 17.0. The van der Waals surface area contributed by atoms with E-state index in [-0.39, 0.29) is 28.5 Å². The third-order valence-electron chi connectivity index (χ3n) is 5.61. The molecule has 0 aliphatic heterocycles. The highest BCUT2D eigenvalue weighted by atomic mass is 32.2. The first-order chi connectivity index (χ1) is 16.4. The number of rotatable bonds is 9. The lowest BCUT2D eigenvalue weighted by Crippen LogP contribution is -2.38. The van der Waals surface area contributed by atoms with Gasteiger partial charge in [0, 0.05) is 17.0 Å². The highest BCUT2D eigenvalue weighted by Crippen LogP contribution is 2.30. The molecule has 2 aromatic heterocycles. The fourth-order valence-corrected chi connectivity index (χ4v) is 5.38. The predicted molar refractivity (Wildman–Crippen MR) is 140 cm³/mol. The van der Waals surface area contributed by atoms with Crippen LogP contribution >= 0.6 is 23.1 Å². The van der Waals surface area contributed by atoms with E-state index in [9.17, 15) is 14.7 Å². The average molecular weight is 494 g/mol. The van der Waals surface area contributed by atoms with Crippen molar-refractivity contribution in [3.63, 3.8) is 0 Å². The minimum Gasteiger partial charge on any atom is -0.508 e. The van der Waals surface area contributed by atoms with Gasteiger partial charge in [-0.2, -0.15) is 0 Å². The van der Waals surface area contributed by atoms with E-state index < -0.39 is 0 Å². The van der Waals surface area contributed by atoms with Crippen LogP contribution < -0.4 is 10.9 Å². The average Bonchev–Trinajstić information content (AvgIpc) is 3.27. The molecular formula is C26H27N3O3S2. The first-order valence-electron chi connectivity index (χ1n) is 11.2. The van der Waals surface area contributed by atoms with Crippen LogP contribution in [0.4, 0.5) is 0 Å². The van der Waals surface area contributed by atoms with Crippen LogP contribution in [0, 0.1) is 0 Å². The Morgan fingerprint density at radius 3 is 2.62 bits per heavy atom. The smallest absolute Gasteiger partial charge is 0.260 e. The van der Waals surface area contributed by atoms with E-state index in [1.807, 2.05) is 61.7 Å². The molecule has 0 saturated heterocycles. The van der Waals surface area contributed by atoms with Gasteiger partial charge in [-0.25, -0.2) is 4.98 Å². The molecule has 4 rings (SSSR count). The fourth-order valence-electron chi connectivity index (χ4n) is 3.65. The zero-order valence-electron chi connectivity index (χ0n) is 19.1. The second-order valence-corrected chi connectivity index (χ2v) is 10.5. The molecule has 2 atom stereocenters. The van der Waals surface area contributed by atoms with E-state index in [0.29, 0.717) is 21.8 Å². The highest BCUT2D eigenvalue weighted by molar-refractivity contribution is 7.99. The number of nitrogens with zero attached hydrogens (tertiary/aromatic N) is 1. The van der Waals surface area contributed by atoms with Gasteiger partial charge in [0.05, 0.1) is 16.4 Å². The summed E-state index contributed by atoms with van der Waals surface area (Å²) in [4.78, 5) is 33.6. The summed E-state index contributed by atoms with van der Waals surface area (Å²) in [7, 11) is 0. The Bertz CT molecular complexity index is 1320. The standard InChI is InChI=1S/C26H27N3O3S2/c1-16(8-9-18-10-12-20(30)13-11-18)27-24(31)17(2)33-15-22-28-25(32)23-21(14-34-26(23)29-22)19-6-4-3-5-7-19/h3-7,10-14,16-17,30H,8-9,15H2,1-2H3,(H,27,31)(H,28,29,32)/t16-,17-/m0/s1. The normalized spacial score (nSPS) is 13.0. The number of aromatic amines is 1. The zero-order valence-corrected chi connectivity index (χ0v) is 20.7. The number of carbonyl (C=O) groups excluding carboxylic acids is 1. The lowest BCUT2D eigenvalue weighted by Gasteiger charge is -2.17. The molecule has 0 radical (unpaired) electrons. The quantitative estimate of drug-likeness (QED) is 0.301. The molecule has 34 heavy (non-hydrogen) atoms. The van der Waals surface area contributed by atoms with E-state index in [4.69, 9.17) is 0 Å². The number of amides is 1. The van der Waals surface area contributed by atoms with Crippen LogP contribution in [-0.2, 0) is 17.0 Å². The molecule has 0 aliphatic carbocycles. The summed E-state index contributed by atoms with van der Waals surface area (Å²) in [5, 5.41) is 14.7. The number of aryl methyl sites for hydroxylation is 1. The molecule has 0 spiro atoms. The zero-order chi connectivity index (χ0) is 24.1. The monoisotopic (exact) mass is 493 g/mol. The maximum absolute atomic E-state index is 12.8. The molecule has 0 unspecified atom stereocenters. The van der Waals surface area contributed by atoms with Crippen molar-refractivity contribution in [1.82, 2.24) is 15.3 Å². The number of thiophene rings is 1. The Morgan fingerprint density at radius 2 is 1.88 bits per heavy atom. The molecule has 0 bridgehead atoms. The van der Waals surface area contributed by atoms with Crippen LogP contribution in [0.1, 0.15) is 31.7 Å². The van der Waals surface area contributed by atoms with Gasteiger partial charge in [0.2, 0.25) is 5.91 Å². The molecule has 2 aromatic carbocycles. The van der Waals surface area contributed by atoms with Crippen LogP contribution in [0.15, 0.2) is 64.8 Å². The number of H-pyrrole nitrogens is 1. The second kappa shape index (κ2) is 10.9. The fraction of sp³-hybridized carbons (Fsp3) is 0.269. The Morgan fingerprint density at radius 1 is 1.15 bits per heavy atom. The van der Waals surface area contributed by atoms with Crippen LogP contribution in [0.3, 0.4) is 0 Å². The topological polar surface area (TPSA) is 95.1 Å². The number of nitrogens with one attached hydrogen (secondary N) is 2. The molecule has 1 amide bonds. The third kappa shape index (κ3) is 5.87. The Hall–Kier alpha value is -3.10. The summed E-state index contributed by atoms with van der Waals surface area (Å²) >= 11 is 2.91. The van der Waals surface area contributed by atoms with Crippen molar-refractivity contribution in [3.05, 3.63) is 81.7 Å². The largest absolute Gasteiger partial charge is 0.508 e. The van der Waals surface area contributed by atoms with E-state index in [1.54, 1.807) is 12.1 Å². The molecule has 6 nitrogen and oxygen atoms in total. The molecule has 3 N–H and O–H groups in total. The van der Waals surface area contributed by atoms with Gasteiger partial charge in [-0.05, 0) is 49.9 Å². The minimum atomic E-state index is -0.277. The molecule has 0 fully saturated rings. The summed E-state index contributed by atoms with van der Waals surface area (Å²) in [6.07, 6.45) is 1.63. The number of hydrogen-bond acceptors (Lipinski definition) is 6. The van der Waals surface area contributed by atoms with Gasteiger partial charge in [0.25, 0.3) is 5.56 Å². The third-order valence-corrected chi connectivity index (χ3v) is 7.63. The summed E-state index contributed by atoms with van der Waals surface area (Å²) in [5.74, 6) is 1.24. The van der Waals surface area contributed by atoms with Crippen molar-refractivity contribution >= 4 is 39.2 Å². The van der Waals surface area contributed by atoms with Gasteiger partial charge >= 0.3 is 0 Å². The Labute approximate surface area is 206 Å². The number of fused-ring (bicyclic) bond motifs is 1. The van der Waals surface area contributed by atoms with Gasteiger partial charge in [-0.15, -0.1) is 23.1 Å². The maximum atomic E-state index is 12.8. The van der Waals surface area contributed by atoms with E-state index >= 15 is 0 Å². The minimum absolute atomic E-state index is 0.0289. The summed E-state index contributed by atoms with van der Waals surface area (Å²) < 4.78 is 0. The van der Waals surface area contributed by atoms with Crippen molar-refractivity contribution in [2.45, 2.75) is 43.7 Å². The highest BCUT2D eigenvalue weighted by Gasteiger charge is 2.18. The number of phenols is 1. The Kier molecular flexibility index (Phi) is 7.70. The van der Waals surface area contributed by atoms with Gasteiger partial charge in [0.1, 0.15) is 16.4 Å². The maximum Gasteiger partial charge on any atom is 0.260 e. The summed E-state index contributed by atoms with van der Waals surface area (Å²) in [6.45, 7) is 3.85. The molecule has 4 aromatic rings. The summed E-state index contributed by atoms with van der Waals surface area (Å²) in [5.41, 5.74) is 2.85.